The summed E-state index contributed by atoms with van der Waals surface area (Å²) in [7, 11) is 4.27. The molecule has 2 rings (SSSR count). The molecule has 0 spiro atoms. The maximum atomic E-state index is 11.2. The van der Waals surface area contributed by atoms with Gasteiger partial charge in [0.2, 0.25) is 5.91 Å². The number of nitrogens with zero attached hydrogens (tertiary/aromatic N) is 3. The minimum atomic E-state index is -0.225. The van der Waals surface area contributed by atoms with Crippen LogP contribution in [-0.2, 0) is 4.79 Å². The Morgan fingerprint density at radius 2 is 2.15 bits per heavy atom. The van der Waals surface area contributed by atoms with E-state index in [1.807, 2.05) is 18.3 Å². The molecule has 0 bridgehead atoms. The number of pyridine rings is 1. The minimum absolute atomic E-state index is 0.0263. The number of hydrogen-bond acceptors (Lipinski definition) is 5. The van der Waals surface area contributed by atoms with Crippen LogP contribution >= 0.6 is 0 Å². The molecule has 0 unspecified atom stereocenters. The number of rotatable bonds is 4. The molecule has 20 heavy (non-hydrogen) atoms. The molecule has 6 heteroatoms. The topological polar surface area (TPSA) is 74.5 Å². The molecule has 0 atom stereocenters. The van der Waals surface area contributed by atoms with Crippen LogP contribution in [0.1, 0.15) is 12.8 Å². The van der Waals surface area contributed by atoms with Gasteiger partial charge < -0.3 is 20.9 Å². The Kier molecular flexibility index (Phi) is 4.92. The lowest BCUT2D eigenvalue weighted by Crippen LogP contribution is -2.42. The number of piperidine rings is 1. The van der Waals surface area contributed by atoms with Crippen LogP contribution in [0.5, 0.6) is 0 Å². The van der Waals surface area contributed by atoms with Crippen LogP contribution in [0.2, 0.25) is 0 Å². The van der Waals surface area contributed by atoms with Gasteiger partial charge in [0, 0.05) is 19.1 Å². The van der Waals surface area contributed by atoms with Gasteiger partial charge in [0.25, 0.3) is 0 Å². The van der Waals surface area contributed by atoms with Gasteiger partial charge in [-0.15, -0.1) is 0 Å². The predicted molar refractivity (Wildman–Crippen MR) is 80.8 cm³/mol. The predicted octanol–water partition coefficient (Wildman–Crippen LogP) is 0.509. The van der Waals surface area contributed by atoms with E-state index < -0.39 is 0 Å². The number of carbonyl (C=O) groups is 1. The average molecular weight is 277 g/mol. The summed E-state index contributed by atoms with van der Waals surface area (Å²) in [5.74, 6) is 0.324. The van der Waals surface area contributed by atoms with Crippen LogP contribution in [0, 0.1) is 0 Å². The first kappa shape index (κ1) is 14.7. The third-order valence-corrected chi connectivity index (χ3v) is 3.76. The molecule has 0 saturated carbocycles. The van der Waals surface area contributed by atoms with Gasteiger partial charge in [0.15, 0.2) is 0 Å². The van der Waals surface area contributed by atoms with E-state index in [-0.39, 0.29) is 12.5 Å². The zero-order chi connectivity index (χ0) is 14.5. The van der Waals surface area contributed by atoms with Crippen molar-refractivity contribution in [1.82, 2.24) is 9.88 Å². The lowest BCUT2D eigenvalue weighted by molar-refractivity contribution is -0.114. The van der Waals surface area contributed by atoms with Gasteiger partial charge in [-0.2, -0.15) is 0 Å². The van der Waals surface area contributed by atoms with Gasteiger partial charge in [-0.25, -0.2) is 4.98 Å². The highest BCUT2D eigenvalue weighted by atomic mass is 16.1. The fraction of sp³-hybridized carbons (Fsp3) is 0.571. The molecule has 0 aliphatic carbocycles. The molecule has 1 aromatic rings. The van der Waals surface area contributed by atoms with Crippen LogP contribution in [0.4, 0.5) is 11.5 Å². The lowest BCUT2D eigenvalue weighted by Gasteiger charge is -2.36. The summed E-state index contributed by atoms with van der Waals surface area (Å²) in [6.45, 7) is 2.06. The maximum Gasteiger partial charge on any atom is 0.239 e. The van der Waals surface area contributed by atoms with E-state index in [9.17, 15) is 4.79 Å². The number of hydrogen-bond donors (Lipinski definition) is 2. The standard InChI is InChI=1S/C14H23N5O/c1-18(2)11-5-7-19(8-6-11)12-3-4-13(16-10-12)17-14(20)9-15/h3-4,10-11H,5-9,15H2,1-2H3,(H,16,17,20). The summed E-state index contributed by atoms with van der Waals surface area (Å²) < 4.78 is 0. The van der Waals surface area contributed by atoms with Crippen molar-refractivity contribution in [3.8, 4) is 0 Å². The normalized spacial score (nSPS) is 16.5. The third kappa shape index (κ3) is 3.68. The third-order valence-electron chi connectivity index (χ3n) is 3.76. The largest absolute Gasteiger partial charge is 0.370 e. The summed E-state index contributed by atoms with van der Waals surface area (Å²) in [5.41, 5.74) is 6.36. The number of carbonyl (C=O) groups excluding carboxylic acids is 1. The van der Waals surface area contributed by atoms with E-state index in [0.29, 0.717) is 11.9 Å². The van der Waals surface area contributed by atoms with Crippen LogP contribution in [-0.4, -0.2) is 55.6 Å². The summed E-state index contributed by atoms with van der Waals surface area (Å²) in [4.78, 5) is 20.1. The van der Waals surface area contributed by atoms with Gasteiger partial charge >= 0.3 is 0 Å². The number of aromatic nitrogens is 1. The average Bonchev–Trinajstić information content (AvgIpc) is 2.48. The molecule has 3 N–H and O–H groups in total. The Balaban J connectivity index is 1.92. The zero-order valence-corrected chi connectivity index (χ0v) is 12.2. The highest BCUT2D eigenvalue weighted by molar-refractivity contribution is 5.91. The highest BCUT2D eigenvalue weighted by Crippen LogP contribution is 2.21. The van der Waals surface area contributed by atoms with Crippen LogP contribution in [0.3, 0.4) is 0 Å². The van der Waals surface area contributed by atoms with Crippen molar-refractivity contribution in [2.24, 2.45) is 5.73 Å². The van der Waals surface area contributed by atoms with Crippen molar-refractivity contribution in [2.75, 3.05) is 43.9 Å². The fourth-order valence-electron chi connectivity index (χ4n) is 2.48. The smallest absolute Gasteiger partial charge is 0.239 e. The van der Waals surface area contributed by atoms with Gasteiger partial charge in [0.1, 0.15) is 5.82 Å². The second-order valence-electron chi connectivity index (χ2n) is 5.34. The van der Waals surface area contributed by atoms with Gasteiger partial charge in [-0.05, 0) is 39.1 Å². The van der Waals surface area contributed by atoms with Crippen molar-refractivity contribution in [2.45, 2.75) is 18.9 Å². The first-order valence-electron chi connectivity index (χ1n) is 6.97. The first-order chi connectivity index (χ1) is 9.60. The number of nitrogens with one attached hydrogen (secondary N) is 1. The molecule has 6 nitrogen and oxygen atoms in total. The fourth-order valence-corrected chi connectivity index (χ4v) is 2.48. The molecule has 2 heterocycles. The Morgan fingerprint density at radius 3 is 2.65 bits per heavy atom. The van der Waals surface area contributed by atoms with E-state index in [0.717, 1.165) is 18.8 Å². The maximum absolute atomic E-state index is 11.2. The Morgan fingerprint density at radius 1 is 1.45 bits per heavy atom. The Hall–Kier alpha value is -1.66. The van der Waals surface area contributed by atoms with Gasteiger partial charge in [-0.1, -0.05) is 0 Å². The summed E-state index contributed by atoms with van der Waals surface area (Å²) in [6, 6.07) is 4.48. The van der Waals surface area contributed by atoms with E-state index in [1.165, 1.54) is 12.8 Å². The molecule has 0 aromatic carbocycles. The number of nitrogens with two attached hydrogens (primary N) is 1. The Bertz CT molecular complexity index is 437. The quantitative estimate of drug-likeness (QED) is 0.839. The van der Waals surface area contributed by atoms with E-state index in [1.54, 1.807) is 0 Å². The number of amides is 1. The molecule has 1 aromatic heterocycles. The second-order valence-corrected chi connectivity index (χ2v) is 5.34. The molecule has 1 aliphatic rings. The van der Waals surface area contributed by atoms with Crippen molar-refractivity contribution < 1.29 is 4.79 Å². The Labute approximate surface area is 120 Å². The second kappa shape index (κ2) is 6.67. The van der Waals surface area contributed by atoms with Crippen molar-refractivity contribution in [1.29, 1.82) is 0 Å². The molecule has 1 saturated heterocycles. The van der Waals surface area contributed by atoms with Crippen LogP contribution in [0.15, 0.2) is 18.3 Å². The molecular weight excluding hydrogens is 254 g/mol. The van der Waals surface area contributed by atoms with E-state index in [2.05, 4.69) is 34.2 Å². The van der Waals surface area contributed by atoms with Crippen molar-refractivity contribution in [3.05, 3.63) is 18.3 Å². The summed E-state index contributed by atoms with van der Waals surface area (Å²) >= 11 is 0. The summed E-state index contributed by atoms with van der Waals surface area (Å²) in [6.07, 6.45) is 4.14. The minimum Gasteiger partial charge on any atom is -0.370 e. The molecule has 0 radical (unpaired) electrons. The molecule has 110 valence electrons. The highest BCUT2D eigenvalue weighted by Gasteiger charge is 2.20. The van der Waals surface area contributed by atoms with Crippen molar-refractivity contribution in [3.63, 3.8) is 0 Å². The van der Waals surface area contributed by atoms with Crippen LogP contribution < -0.4 is 16.0 Å². The van der Waals surface area contributed by atoms with Gasteiger partial charge in [0.05, 0.1) is 18.4 Å². The lowest BCUT2D eigenvalue weighted by atomic mass is 10.0. The monoisotopic (exact) mass is 277 g/mol. The van der Waals surface area contributed by atoms with E-state index >= 15 is 0 Å². The first-order valence-corrected chi connectivity index (χ1v) is 6.97. The molecule has 1 aliphatic heterocycles. The SMILES string of the molecule is CN(C)C1CCN(c2ccc(NC(=O)CN)nc2)CC1. The van der Waals surface area contributed by atoms with Gasteiger partial charge in [-0.3, -0.25) is 4.79 Å². The molecule has 1 amide bonds. The van der Waals surface area contributed by atoms with Crippen LogP contribution in [0.25, 0.3) is 0 Å². The molecule has 1 fully saturated rings. The number of anilines is 2. The molecular formula is C14H23N5O. The zero-order valence-electron chi connectivity index (χ0n) is 12.2. The van der Waals surface area contributed by atoms with E-state index in [4.69, 9.17) is 5.73 Å². The summed E-state index contributed by atoms with van der Waals surface area (Å²) in [5, 5.41) is 2.64. The van der Waals surface area contributed by atoms with Crippen molar-refractivity contribution >= 4 is 17.4 Å².